The molecule has 33 heavy (non-hydrogen) atoms. The fourth-order valence-corrected chi connectivity index (χ4v) is 4.16. The minimum Gasteiger partial charge on any atom is -0.494 e. The van der Waals surface area contributed by atoms with Crippen LogP contribution in [0.5, 0.6) is 5.75 Å². The maximum absolute atomic E-state index is 12.5. The molecule has 0 fully saturated rings. The van der Waals surface area contributed by atoms with Crippen molar-refractivity contribution in [1.82, 2.24) is 14.8 Å². The first-order valence-corrected chi connectivity index (χ1v) is 11.8. The number of nitrogens with zero attached hydrogens (tertiary/aromatic N) is 3. The lowest BCUT2D eigenvalue weighted by molar-refractivity contribution is -0.116. The molecular weight excluding hydrogens is 438 g/mol. The van der Waals surface area contributed by atoms with Gasteiger partial charge in [-0.15, -0.1) is 10.2 Å². The van der Waals surface area contributed by atoms with E-state index in [4.69, 9.17) is 4.74 Å². The lowest BCUT2D eigenvalue weighted by atomic mass is 10.1. The Morgan fingerprint density at radius 2 is 1.67 bits per heavy atom. The van der Waals surface area contributed by atoms with E-state index in [-0.39, 0.29) is 24.0 Å². The summed E-state index contributed by atoms with van der Waals surface area (Å²) < 4.78 is 7.27. The summed E-state index contributed by atoms with van der Waals surface area (Å²) in [5, 5.41) is 14.8. The quantitative estimate of drug-likeness (QED) is 0.433. The Balaban J connectivity index is 1.57. The van der Waals surface area contributed by atoms with Crippen molar-refractivity contribution in [2.45, 2.75) is 45.8 Å². The number of hydrogen-bond acceptors (Lipinski definition) is 6. The summed E-state index contributed by atoms with van der Waals surface area (Å²) in [5.41, 5.74) is 3.56. The van der Waals surface area contributed by atoms with E-state index in [2.05, 4.69) is 20.8 Å². The Morgan fingerprint density at radius 3 is 2.30 bits per heavy atom. The summed E-state index contributed by atoms with van der Waals surface area (Å²) in [6.07, 6.45) is 0.0865. The second-order valence-electron chi connectivity index (χ2n) is 7.43. The SMILES string of the molecule is CCOc1ccc(NC(=O)Cc2nnc(SCC(=O)Nc3c(C)cccc3C)n2CC)cc1. The normalized spacial score (nSPS) is 10.7. The fourth-order valence-electron chi connectivity index (χ4n) is 3.34. The second kappa shape index (κ2) is 11.5. The van der Waals surface area contributed by atoms with E-state index in [1.807, 2.05) is 62.6 Å². The molecule has 0 aliphatic heterocycles. The van der Waals surface area contributed by atoms with Crippen molar-refractivity contribution in [2.75, 3.05) is 23.0 Å². The Morgan fingerprint density at radius 1 is 0.970 bits per heavy atom. The van der Waals surface area contributed by atoms with E-state index in [1.165, 1.54) is 11.8 Å². The standard InChI is InChI=1S/C24H29N5O3S/c1-5-29-20(14-21(30)25-18-10-12-19(13-11-18)32-6-2)27-28-24(29)33-15-22(31)26-23-16(3)8-7-9-17(23)4/h7-13H,5-6,14-15H2,1-4H3,(H,25,30)(H,26,31). The van der Waals surface area contributed by atoms with E-state index in [1.54, 1.807) is 12.1 Å². The van der Waals surface area contributed by atoms with Gasteiger partial charge in [-0.05, 0) is 63.1 Å². The van der Waals surface area contributed by atoms with Gasteiger partial charge in [0.25, 0.3) is 0 Å². The molecule has 9 heteroatoms. The van der Waals surface area contributed by atoms with Crippen LogP contribution in [0.3, 0.4) is 0 Å². The van der Waals surface area contributed by atoms with Crippen molar-refractivity contribution < 1.29 is 14.3 Å². The Bertz CT molecular complexity index is 1090. The molecule has 0 saturated heterocycles. The molecule has 0 aliphatic carbocycles. The van der Waals surface area contributed by atoms with Crippen LogP contribution in [-0.4, -0.2) is 38.9 Å². The summed E-state index contributed by atoms with van der Waals surface area (Å²) in [6, 6.07) is 13.1. The Kier molecular flexibility index (Phi) is 8.48. The molecule has 2 amide bonds. The van der Waals surface area contributed by atoms with E-state index < -0.39 is 0 Å². The number of aromatic nitrogens is 3. The molecule has 0 radical (unpaired) electrons. The van der Waals surface area contributed by atoms with Crippen LogP contribution in [0.4, 0.5) is 11.4 Å². The summed E-state index contributed by atoms with van der Waals surface area (Å²) in [6.45, 7) is 9.00. The Labute approximate surface area is 198 Å². The number of ether oxygens (including phenoxy) is 1. The first kappa shape index (κ1) is 24.3. The molecule has 0 unspecified atom stereocenters. The van der Waals surface area contributed by atoms with Crippen LogP contribution in [-0.2, 0) is 22.6 Å². The van der Waals surface area contributed by atoms with E-state index in [9.17, 15) is 9.59 Å². The number of nitrogens with one attached hydrogen (secondary N) is 2. The van der Waals surface area contributed by atoms with Gasteiger partial charge in [-0.1, -0.05) is 30.0 Å². The number of rotatable bonds is 10. The van der Waals surface area contributed by atoms with Gasteiger partial charge in [0.2, 0.25) is 11.8 Å². The van der Waals surface area contributed by atoms with Crippen molar-refractivity contribution in [3.8, 4) is 5.75 Å². The van der Waals surface area contributed by atoms with Gasteiger partial charge >= 0.3 is 0 Å². The van der Waals surface area contributed by atoms with Crippen LogP contribution in [0.2, 0.25) is 0 Å². The van der Waals surface area contributed by atoms with Gasteiger partial charge in [0, 0.05) is 17.9 Å². The number of thioether (sulfide) groups is 1. The highest BCUT2D eigenvalue weighted by Crippen LogP contribution is 2.22. The highest BCUT2D eigenvalue weighted by atomic mass is 32.2. The molecule has 174 valence electrons. The maximum Gasteiger partial charge on any atom is 0.234 e. The van der Waals surface area contributed by atoms with Gasteiger partial charge in [0.1, 0.15) is 11.6 Å². The molecule has 8 nitrogen and oxygen atoms in total. The predicted molar refractivity (Wildman–Crippen MR) is 131 cm³/mol. The van der Waals surface area contributed by atoms with Crippen LogP contribution in [0.1, 0.15) is 30.8 Å². The summed E-state index contributed by atoms with van der Waals surface area (Å²) in [5.74, 6) is 1.20. The van der Waals surface area contributed by atoms with Gasteiger partial charge in [-0.25, -0.2) is 0 Å². The minimum atomic E-state index is -0.189. The summed E-state index contributed by atoms with van der Waals surface area (Å²) in [7, 11) is 0. The third-order valence-electron chi connectivity index (χ3n) is 4.96. The molecule has 0 saturated carbocycles. The highest BCUT2D eigenvalue weighted by Gasteiger charge is 2.16. The lowest BCUT2D eigenvalue weighted by Crippen LogP contribution is -2.18. The second-order valence-corrected chi connectivity index (χ2v) is 8.37. The summed E-state index contributed by atoms with van der Waals surface area (Å²) in [4.78, 5) is 25.0. The molecular formula is C24H29N5O3S. The molecule has 2 aromatic carbocycles. The van der Waals surface area contributed by atoms with Crippen molar-refractivity contribution in [2.24, 2.45) is 0 Å². The number of carbonyl (C=O) groups excluding carboxylic acids is 2. The number of aryl methyl sites for hydroxylation is 2. The molecule has 0 atom stereocenters. The Hall–Kier alpha value is -3.33. The zero-order valence-corrected chi connectivity index (χ0v) is 20.2. The monoisotopic (exact) mass is 467 g/mol. The predicted octanol–water partition coefficient (Wildman–Crippen LogP) is 4.23. The first-order valence-electron chi connectivity index (χ1n) is 10.8. The zero-order valence-electron chi connectivity index (χ0n) is 19.3. The van der Waals surface area contributed by atoms with Gasteiger partial charge in [0.05, 0.1) is 18.8 Å². The summed E-state index contributed by atoms with van der Waals surface area (Å²) >= 11 is 1.30. The molecule has 1 heterocycles. The number of para-hydroxylation sites is 1. The largest absolute Gasteiger partial charge is 0.494 e. The zero-order chi connectivity index (χ0) is 23.8. The van der Waals surface area contributed by atoms with E-state index in [0.717, 1.165) is 22.6 Å². The number of amides is 2. The molecule has 2 N–H and O–H groups in total. The first-order chi connectivity index (χ1) is 15.9. The van der Waals surface area contributed by atoms with Crippen molar-refractivity contribution in [1.29, 1.82) is 0 Å². The van der Waals surface area contributed by atoms with Gasteiger partial charge in [-0.2, -0.15) is 0 Å². The number of hydrogen-bond donors (Lipinski definition) is 2. The van der Waals surface area contributed by atoms with Crippen LogP contribution in [0, 0.1) is 13.8 Å². The molecule has 0 bridgehead atoms. The smallest absolute Gasteiger partial charge is 0.234 e. The van der Waals surface area contributed by atoms with Gasteiger partial charge < -0.3 is 19.9 Å². The molecule has 0 spiro atoms. The third kappa shape index (κ3) is 6.58. The maximum atomic E-state index is 12.5. The van der Waals surface area contributed by atoms with Crippen LogP contribution in [0.15, 0.2) is 47.6 Å². The van der Waals surface area contributed by atoms with Crippen LogP contribution in [0.25, 0.3) is 0 Å². The average molecular weight is 468 g/mol. The minimum absolute atomic E-state index is 0.0865. The van der Waals surface area contributed by atoms with Crippen molar-refractivity contribution in [3.63, 3.8) is 0 Å². The molecule has 3 aromatic rings. The van der Waals surface area contributed by atoms with Crippen molar-refractivity contribution >= 4 is 35.0 Å². The van der Waals surface area contributed by atoms with Crippen LogP contribution < -0.4 is 15.4 Å². The topological polar surface area (TPSA) is 98.1 Å². The molecule has 1 aromatic heterocycles. The number of anilines is 2. The highest BCUT2D eigenvalue weighted by molar-refractivity contribution is 7.99. The lowest BCUT2D eigenvalue weighted by Gasteiger charge is -2.11. The molecule has 0 aliphatic rings. The third-order valence-corrected chi connectivity index (χ3v) is 5.92. The molecule has 3 rings (SSSR count). The van der Waals surface area contributed by atoms with Gasteiger partial charge in [0.15, 0.2) is 5.16 Å². The van der Waals surface area contributed by atoms with E-state index >= 15 is 0 Å². The number of benzene rings is 2. The van der Waals surface area contributed by atoms with Gasteiger partial charge in [-0.3, -0.25) is 9.59 Å². The average Bonchev–Trinajstić information content (AvgIpc) is 3.17. The van der Waals surface area contributed by atoms with Crippen molar-refractivity contribution in [3.05, 3.63) is 59.4 Å². The van der Waals surface area contributed by atoms with E-state index in [0.29, 0.717) is 29.8 Å². The van der Waals surface area contributed by atoms with Crippen LogP contribution >= 0.6 is 11.8 Å². The fraction of sp³-hybridized carbons (Fsp3) is 0.333. The number of carbonyl (C=O) groups is 2.